The molecule has 4 rings (SSSR count). The Bertz CT molecular complexity index is 823. The number of hydrogen-bond donors (Lipinski definition) is 0. The van der Waals surface area contributed by atoms with Gasteiger partial charge in [-0.2, -0.15) is 0 Å². The van der Waals surface area contributed by atoms with Gasteiger partial charge >= 0.3 is 0 Å². The van der Waals surface area contributed by atoms with Gasteiger partial charge in [-0.1, -0.05) is 42.5 Å². The first-order chi connectivity index (χ1) is 10.2. The summed E-state index contributed by atoms with van der Waals surface area (Å²) in [4.78, 5) is 4.71. The number of para-hydroxylation sites is 1. The van der Waals surface area contributed by atoms with Gasteiger partial charge in [-0.05, 0) is 41.5 Å². The van der Waals surface area contributed by atoms with E-state index in [0.717, 1.165) is 6.67 Å². The number of anilines is 3. The van der Waals surface area contributed by atoms with Crippen molar-refractivity contribution in [1.29, 1.82) is 0 Å². The normalized spacial score (nSPS) is 13.8. The highest BCUT2D eigenvalue weighted by molar-refractivity contribution is 5.96. The van der Waals surface area contributed by atoms with Gasteiger partial charge in [0.1, 0.15) is 0 Å². The zero-order valence-electron chi connectivity index (χ0n) is 12.4. The minimum Gasteiger partial charge on any atom is -0.355 e. The van der Waals surface area contributed by atoms with E-state index in [1.54, 1.807) is 0 Å². The van der Waals surface area contributed by atoms with Gasteiger partial charge in [0.05, 0.1) is 18.0 Å². The van der Waals surface area contributed by atoms with E-state index in [1.165, 1.54) is 33.4 Å². The van der Waals surface area contributed by atoms with E-state index in [2.05, 4.69) is 84.4 Å². The molecule has 1 heterocycles. The van der Waals surface area contributed by atoms with Crippen LogP contribution in [-0.4, -0.2) is 13.7 Å². The van der Waals surface area contributed by atoms with E-state index in [1.807, 2.05) is 0 Å². The van der Waals surface area contributed by atoms with Gasteiger partial charge in [0, 0.05) is 12.7 Å². The van der Waals surface area contributed by atoms with Crippen LogP contribution in [0.1, 0.15) is 5.56 Å². The second kappa shape index (κ2) is 4.52. The third kappa shape index (κ3) is 1.87. The molecule has 0 aliphatic carbocycles. The number of aryl methyl sites for hydroxylation is 1. The van der Waals surface area contributed by atoms with Crippen LogP contribution >= 0.6 is 0 Å². The number of fused-ring (bicyclic) bond motifs is 2. The fraction of sp³-hybridized carbons (Fsp3) is 0.158. The van der Waals surface area contributed by atoms with Crippen LogP contribution in [0.4, 0.5) is 17.1 Å². The zero-order valence-corrected chi connectivity index (χ0v) is 12.4. The molecule has 2 heteroatoms. The second-order valence-corrected chi connectivity index (χ2v) is 5.74. The Kier molecular flexibility index (Phi) is 2.64. The fourth-order valence-electron chi connectivity index (χ4n) is 3.17. The Labute approximate surface area is 125 Å². The molecule has 0 radical (unpaired) electrons. The fourth-order valence-corrected chi connectivity index (χ4v) is 3.17. The molecule has 0 amide bonds. The van der Waals surface area contributed by atoms with Crippen LogP contribution in [-0.2, 0) is 0 Å². The number of hydrogen-bond acceptors (Lipinski definition) is 2. The molecule has 1 aliphatic heterocycles. The summed E-state index contributed by atoms with van der Waals surface area (Å²) >= 11 is 0. The maximum Gasteiger partial charge on any atom is 0.0950 e. The molecule has 0 fully saturated rings. The van der Waals surface area contributed by atoms with Crippen LogP contribution in [0.2, 0.25) is 0 Å². The molecule has 0 unspecified atom stereocenters. The van der Waals surface area contributed by atoms with Crippen LogP contribution in [0.25, 0.3) is 10.8 Å². The molecule has 3 aromatic carbocycles. The lowest BCUT2D eigenvalue weighted by atomic mass is 10.1. The number of nitrogens with zero attached hydrogens (tertiary/aromatic N) is 2. The first-order valence-electron chi connectivity index (χ1n) is 7.31. The number of benzene rings is 3. The molecule has 0 N–H and O–H groups in total. The minimum absolute atomic E-state index is 0.899. The molecule has 0 spiro atoms. The summed E-state index contributed by atoms with van der Waals surface area (Å²) in [7, 11) is 2.16. The summed E-state index contributed by atoms with van der Waals surface area (Å²) in [6.45, 7) is 3.07. The maximum atomic E-state index is 2.40. The SMILES string of the molecule is Cc1ccccc1N1CN(C)c2cc3ccccc3cc21. The monoisotopic (exact) mass is 274 g/mol. The lowest BCUT2D eigenvalue weighted by Gasteiger charge is -2.21. The van der Waals surface area contributed by atoms with Gasteiger partial charge in [-0.15, -0.1) is 0 Å². The molecular weight excluding hydrogens is 256 g/mol. The summed E-state index contributed by atoms with van der Waals surface area (Å²) in [5.41, 5.74) is 5.20. The smallest absolute Gasteiger partial charge is 0.0950 e. The predicted molar refractivity (Wildman–Crippen MR) is 90.5 cm³/mol. The highest BCUT2D eigenvalue weighted by atomic mass is 15.4. The van der Waals surface area contributed by atoms with E-state index in [9.17, 15) is 0 Å². The van der Waals surface area contributed by atoms with Gasteiger partial charge in [-0.25, -0.2) is 0 Å². The van der Waals surface area contributed by atoms with Crippen molar-refractivity contribution in [3.05, 3.63) is 66.2 Å². The average molecular weight is 274 g/mol. The van der Waals surface area contributed by atoms with Crippen molar-refractivity contribution in [2.75, 3.05) is 23.5 Å². The Morgan fingerprint density at radius 3 is 2.10 bits per heavy atom. The quantitative estimate of drug-likeness (QED) is 0.635. The summed E-state index contributed by atoms with van der Waals surface area (Å²) in [5, 5.41) is 2.60. The molecule has 0 atom stereocenters. The van der Waals surface area contributed by atoms with Crippen LogP contribution in [0.3, 0.4) is 0 Å². The highest BCUT2D eigenvalue weighted by Gasteiger charge is 2.25. The summed E-state index contributed by atoms with van der Waals surface area (Å²) < 4.78 is 0. The average Bonchev–Trinajstić information content (AvgIpc) is 2.82. The van der Waals surface area contributed by atoms with Gasteiger partial charge in [0.15, 0.2) is 0 Å². The van der Waals surface area contributed by atoms with E-state index in [4.69, 9.17) is 0 Å². The third-order valence-electron chi connectivity index (χ3n) is 4.30. The van der Waals surface area contributed by atoms with E-state index in [0.29, 0.717) is 0 Å². The molecule has 21 heavy (non-hydrogen) atoms. The van der Waals surface area contributed by atoms with Gasteiger partial charge in [0.25, 0.3) is 0 Å². The summed E-state index contributed by atoms with van der Waals surface area (Å²) in [5.74, 6) is 0. The topological polar surface area (TPSA) is 6.48 Å². The second-order valence-electron chi connectivity index (χ2n) is 5.74. The van der Waals surface area contributed by atoms with Crippen molar-refractivity contribution in [2.45, 2.75) is 6.92 Å². The van der Waals surface area contributed by atoms with E-state index >= 15 is 0 Å². The zero-order chi connectivity index (χ0) is 14.4. The Morgan fingerprint density at radius 1 is 0.762 bits per heavy atom. The molecular formula is C19H18N2. The van der Waals surface area contributed by atoms with Crippen LogP contribution < -0.4 is 9.80 Å². The van der Waals surface area contributed by atoms with Crippen molar-refractivity contribution in [1.82, 2.24) is 0 Å². The first-order valence-corrected chi connectivity index (χ1v) is 7.31. The molecule has 0 saturated heterocycles. The molecule has 2 nitrogen and oxygen atoms in total. The summed E-state index contributed by atoms with van der Waals surface area (Å²) in [6, 6.07) is 21.8. The lowest BCUT2D eigenvalue weighted by Crippen LogP contribution is -2.24. The van der Waals surface area contributed by atoms with Crippen LogP contribution in [0.5, 0.6) is 0 Å². The predicted octanol–water partition coefficient (Wildman–Crippen LogP) is 4.69. The van der Waals surface area contributed by atoms with Crippen molar-refractivity contribution in [2.24, 2.45) is 0 Å². The van der Waals surface area contributed by atoms with Crippen molar-refractivity contribution in [3.8, 4) is 0 Å². The largest absolute Gasteiger partial charge is 0.355 e. The Balaban J connectivity index is 1.93. The van der Waals surface area contributed by atoms with Gasteiger partial charge in [0.2, 0.25) is 0 Å². The van der Waals surface area contributed by atoms with Gasteiger partial charge < -0.3 is 9.80 Å². The Morgan fingerprint density at radius 2 is 1.38 bits per heavy atom. The molecule has 3 aromatic rings. The van der Waals surface area contributed by atoms with Crippen molar-refractivity contribution >= 4 is 27.8 Å². The molecule has 0 bridgehead atoms. The standard InChI is InChI=1S/C19H18N2/c1-14-7-3-6-10-17(14)21-13-20(2)18-11-15-8-4-5-9-16(15)12-19(18)21/h3-12H,13H2,1-2H3. The number of rotatable bonds is 1. The molecule has 0 saturated carbocycles. The Hall–Kier alpha value is -2.48. The molecule has 1 aliphatic rings. The highest BCUT2D eigenvalue weighted by Crippen LogP contribution is 2.42. The summed E-state index contributed by atoms with van der Waals surface area (Å²) in [6.07, 6.45) is 0. The lowest BCUT2D eigenvalue weighted by molar-refractivity contribution is 0.946. The first kappa shape index (κ1) is 12.3. The minimum atomic E-state index is 0.899. The van der Waals surface area contributed by atoms with Crippen LogP contribution in [0.15, 0.2) is 60.7 Å². The molecule has 0 aromatic heterocycles. The van der Waals surface area contributed by atoms with Crippen molar-refractivity contribution < 1.29 is 0 Å². The van der Waals surface area contributed by atoms with Crippen molar-refractivity contribution in [3.63, 3.8) is 0 Å². The maximum absolute atomic E-state index is 2.40. The van der Waals surface area contributed by atoms with E-state index < -0.39 is 0 Å². The van der Waals surface area contributed by atoms with E-state index in [-0.39, 0.29) is 0 Å². The van der Waals surface area contributed by atoms with Crippen LogP contribution in [0, 0.1) is 6.92 Å². The van der Waals surface area contributed by atoms with Gasteiger partial charge in [-0.3, -0.25) is 0 Å². The third-order valence-corrected chi connectivity index (χ3v) is 4.30. The molecule has 104 valence electrons.